The molecule has 0 saturated carbocycles. The van der Waals surface area contributed by atoms with Gasteiger partial charge in [0.1, 0.15) is 5.75 Å². The zero-order valence-electron chi connectivity index (χ0n) is 20.4. The molecule has 3 N–H and O–H groups in total. The highest BCUT2D eigenvalue weighted by Gasteiger charge is 2.27. The number of sulfonamides is 1. The first-order valence-electron chi connectivity index (χ1n) is 11.5. The highest BCUT2D eigenvalue weighted by atomic mass is 32.2. The Labute approximate surface area is 203 Å². The molecule has 1 aliphatic rings. The predicted molar refractivity (Wildman–Crippen MR) is 136 cm³/mol. The Morgan fingerprint density at radius 2 is 2.00 bits per heavy atom. The van der Waals surface area contributed by atoms with Gasteiger partial charge in [-0.25, -0.2) is 18.4 Å². The Kier molecular flexibility index (Phi) is 6.50. The molecule has 35 heavy (non-hydrogen) atoms. The number of hydrogen-bond donors (Lipinski definition) is 2. The van der Waals surface area contributed by atoms with Crippen molar-refractivity contribution in [3.63, 3.8) is 0 Å². The summed E-state index contributed by atoms with van der Waals surface area (Å²) in [5.41, 5.74) is 1.58. The van der Waals surface area contributed by atoms with Gasteiger partial charge in [0.05, 0.1) is 36.0 Å². The number of fused-ring (bicyclic) bond motifs is 1. The molecular weight excluding hydrogens is 470 g/mol. The largest absolute Gasteiger partial charge is 0.496 e. The molecule has 10 nitrogen and oxygen atoms in total. The topological polar surface area (TPSA) is 140 Å². The number of rotatable bonds is 6. The van der Waals surface area contributed by atoms with Gasteiger partial charge in [-0.15, -0.1) is 0 Å². The molecule has 0 aliphatic carbocycles. The SMILES string of the molecule is COc1c(C(C)(C)C)cc(-n2ccc(=O)[nH]c2=O)c2ncc(N3CC[C@@H](CCS(N)(=O)=O)C3)cc12. The van der Waals surface area contributed by atoms with Crippen molar-refractivity contribution in [1.29, 1.82) is 0 Å². The summed E-state index contributed by atoms with van der Waals surface area (Å²) in [6.45, 7) is 7.66. The molecule has 4 rings (SSSR count). The molecule has 1 atom stereocenters. The van der Waals surface area contributed by atoms with Crippen LogP contribution in [-0.2, 0) is 15.4 Å². The van der Waals surface area contributed by atoms with Crippen molar-refractivity contribution >= 4 is 26.6 Å². The molecule has 2 aromatic heterocycles. The first-order valence-corrected chi connectivity index (χ1v) is 13.2. The number of methoxy groups -OCH3 is 1. The quantitative estimate of drug-likeness (QED) is 0.525. The summed E-state index contributed by atoms with van der Waals surface area (Å²) < 4.78 is 29.9. The summed E-state index contributed by atoms with van der Waals surface area (Å²) in [6.07, 6.45) is 4.58. The van der Waals surface area contributed by atoms with E-state index >= 15 is 0 Å². The summed E-state index contributed by atoms with van der Waals surface area (Å²) in [6, 6.07) is 5.18. The molecule has 0 radical (unpaired) electrons. The summed E-state index contributed by atoms with van der Waals surface area (Å²) in [5.74, 6) is 0.872. The Bertz CT molecular complexity index is 1490. The van der Waals surface area contributed by atoms with Crippen LogP contribution in [0.2, 0.25) is 0 Å². The number of nitrogens with zero attached hydrogens (tertiary/aromatic N) is 3. The van der Waals surface area contributed by atoms with Gasteiger partial charge in [0.25, 0.3) is 5.56 Å². The van der Waals surface area contributed by atoms with Gasteiger partial charge in [0.2, 0.25) is 10.0 Å². The number of aromatic nitrogens is 3. The molecule has 0 unspecified atom stereocenters. The minimum Gasteiger partial charge on any atom is -0.496 e. The van der Waals surface area contributed by atoms with Crippen molar-refractivity contribution in [2.24, 2.45) is 11.1 Å². The van der Waals surface area contributed by atoms with Gasteiger partial charge in [-0.1, -0.05) is 20.8 Å². The summed E-state index contributed by atoms with van der Waals surface area (Å²) in [4.78, 5) is 33.5. The number of benzene rings is 1. The van der Waals surface area contributed by atoms with Crippen LogP contribution in [0.4, 0.5) is 5.69 Å². The van der Waals surface area contributed by atoms with Crippen molar-refractivity contribution in [2.75, 3.05) is 30.9 Å². The number of primary sulfonamides is 1. The predicted octanol–water partition coefficient (Wildman–Crippen LogP) is 1.89. The number of nitrogens with two attached hydrogens (primary N) is 1. The molecule has 0 amide bonds. The minimum absolute atomic E-state index is 0.0263. The van der Waals surface area contributed by atoms with Crippen LogP contribution >= 0.6 is 0 Å². The Balaban J connectivity index is 1.84. The van der Waals surface area contributed by atoms with Gasteiger partial charge >= 0.3 is 5.69 Å². The Hall–Kier alpha value is -3.18. The lowest BCUT2D eigenvalue weighted by molar-refractivity contribution is 0.402. The normalized spacial score (nSPS) is 16.7. The third-order valence-corrected chi connectivity index (χ3v) is 7.25. The second-order valence-corrected chi connectivity index (χ2v) is 11.8. The number of hydrogen-bond acceptors (Lipinski definition) is 7. The summed E-state index contributed by atoms with van der Waals surface area (Å²) in [7, 11) is -1.87. The van der Waals surface area contributed by atoms with E-state index in [1.165, 1.54) is 16.8 Å². The maximum Gasteiger partial charge on any atom is 0.332 e. The average molecular weight is 502 g/mol. The standard InChI is InChI=1S/C24H31N5O5S/c1-24(2,3)18-12-19(29-9-6-20(30)27-23(29)31)21-17(22(18)34-4)11-16(13-26-21)28-8-5-15(14-28)7-10-35(25,32)33/h6,9,11-13,15H,5,7-8,10,14H2,1-4H3,(H2,25,32,33)(H,27,30,31)/t15-/m0/s1. The molecule has 3 heterocycles. The Morgan fingerprint density at radius 3 is 2.63 bits per heavy atom. The van der Waals surface area contributed by atoms with E-state index in [4.69, 9.17) is 14.9 Å². The van der Waals surface area contributed by atoms with Crippen LogP contribution in [0, 0.1) is 5.92 Å². The maximum absolute atomic E-state index is 12.6. The molecular formula is C24H31N5O5S. The Morgan fingerprint density at radius 1 is 1.26 bits per heavy atom. The molecule has 1 aromatic carbocycles. The fourth-order valence-electron chi connectivity index (χ4n) is 4.62. The van der Waals surface area contributed by atoms with Crippen LogP contribution in [0.3, 0.4) is 0 Å². The zero-order valence-corrected chi connectivity index (χ0v) is 21.2. The van der Waals surface area contributed by atoms with Crippen molar-refractivity contribution in [2.45, 2.75) is 39.0 Å². The summed E-state index contributed by atoms with van der Waals surface area (Å²) in [5, 5.41) is 5.92. The van der Waals surface area contributed by atoms with Gasteiger partial charge < -0.3 is 9.64 Å². The number of aromatic amines is 1. The lowest BCUT2D eigenvalue weighted by Crippen LogP contribution is -2.28. The number of ether oxygens (including phenoxy) is 1. The van der Waals surface area contributed by atoms with E-state index in [1.54, 1.807) is 13.3 Å². The van der Waals surface area contributed by atoms with Crippen molar-refractivity contribution in [3.05, 3.63) is 57.0 Å². The number of anilines is 1. The monoisotopic (exact) mass is 501 g/mol. The molecule has 1 aliphatic heterocycles. The van der Waals surface area contributed by atoms with Gasteiger partial charge in [0, 0.05) is 36.3 Å². The third kappa shape index (κ3) is 5.25. The lowest BCUT2D eigenvalue weighted by atomic mass is 9.84. The van der Waals surface area contributed by atoms with Crippen LogP contribution in [-0.4, -0.2) is 48.9 Å². The van der Waals surface area contributed by atoms with Crippen LogP contribution in [0.5, 0.6) is 5.75 Å². The first kappa shape index (κ1) is 24.9. The van der Waals surface area contributed by atoms with Crippen molar-refractivity contribution in [1.82, 2.24) is 14.5 Å². The molecule has 11 heteroatoms. The summed E-state index contributed by atoms with van der Waals surface area (Å²) >= 11 is 0. The van der Waals surface area contributed by atoms with Crippen molar-refractivity contribution < 1.29 is 13.2 Å². The molecule has 1 fully saturated rings. The van der Waals surface area contributed by atoms with E-state index < -0.39 is 21.3 Å². The second-order valence-electron chi connectivity index (χ2n) is 10.1. The smallest absolute Gasteiger partial charge is 0.332 e. The molecule has 3 aromatic rings. The van der Waals surface area contributed by atoms with Crippen LogP contribution in [0.15, 0.2) is 40.2 Å². The second kappa shape index (κ2) is 9.12. The molecule has 188 valence electrons. The van der Waals surface area contributed by atoms with Crippen molar-refractivity contribution in [3.8, 4) is 11.4 Å². The highest BCUT2D eigenvalue weighted by Crippen LogP contribution is 2.41. The number of H-pyrrole nitrogens is 1. The maximum atomic E-state index is 12.6. The molecule has 0 bridgehead atoms. The fourth-order valence-corrected chi connectivity index (χ4v) is 5.28. The first-order chi connectivity index (χ1) is 16.4. The van der Waals surface area contributed by atoms with E-state index in [-0.39, 0.29) is 17.1 Å². The van der Waals surface area contributed by atoms with E-state index in [9.17, 15) is 18.0 Å². The minimum atomic E-state index is -3.49. The van der Waals surface area contributed by atoms with Crippen LogP contribution in [0.1, 0.15) is 39.2 Å². The molecule has 1 saturated heterocycles. The zero-order chi connectivity index (χ0) is 25.5. The van der Waals surface area contributed by atoms with Gasteiger partial charge in [-0.05, 0) is 36.3 Å². The van der Waals surface area contributed by atoms with Gasteiger partial charge in [0.15, 0.2) is 0 Å². The van der Waals surface area contributed by atoms with Crippen LogP contribution < -0.4 is 26.0 Å². The van der Waals surface area contributed by atoms with Crippen LogP contribution in [0.25, 0.3) is 16.6 Å². The number of nitrogens with one attached hydrogen (secondary N) is 1. The lowest BCUT2D eigenvalue weighted by Gasteiger charge is -2.26. The molecule has 0 spiro atoms. The van der Waals surface area contributed by atoms with E-state index in [2.05, 4.69) is 30.7 Å². The van der Waals surface area contributed by atoms with Gasteiger partial charge in [-0.3, -0.25) is 19.3 Å². The average Bonchev–Trinajstić information content (AvgIpc) is 3.24. The fraction of sp³-hybridized carbons (Fsp3) is 0.458. The highest BCUT2D eigenvalue weighted by molar-refractivity contribution is 7.89. The van der Waals surface area contributed by atoms with E-state index in [1.807, 2.05) is 12.1 Å². The number of pyridine rings is 1. The van der Waals surface area contributed by atoms with E-state index in [0.29, 0.717) is 29.9 Å². The van der Waals surface area contributed by atoms with Gasteiger partial charge in [-0.2, -0.15) is 0 Å². The van der Waals surface area contributed by atoms with E-state index in [0.717, 1.165) is 29.6 Å². The third-order valence-electron chi connectivity index (χ3n) is 6.44.